The number of para-hydroxylation sites is 1. The molecule has 1 aliphatic heterocycles. The van der Waals surface area contributed by atoms with Crippen LogP contribution in [0.1, 0.15) is 12.5 Å². The van der Waals surface area contributed by atoms with E-state index in [2.05, 4.69) is 83.5 Å². The molecule has 1 N–H and O–H groups in total. The number of nitrogens with zero attached hydrogens (tertiary/aromatic N) is 3. The molecule has 0 bridgehead atoms. The Labute approximate surface area is 142 Å². The van der Waals surface area contributed by atoms with E-state index in [0.29, 0.717) is 0 Å². The summed E-state index contributed by atoms with van der Waals surface area (Å²) in [5.41, 5.74) is 8.68. The van der Waals surface area contributed by atoms with Crippen LogP contribution in [-0.4, -0.2) is 30.8 Å². The highest BCUT2D eigenvalue weighted by atomic mass is 15.2. The van der Waals surface area contributed by atoms with Crippen molar-refractivity contribution in [1.82, 2.24) is 10.2 Å². The standard InChI is InChI=1S/C20H22N4/c1-4-24-13-15-12-21-22-20(15)17-10-9-14(11-19(17)24)16-7-5-6-8-18(16)23(2)3/h5-12H,4,13H2,1-3H3,(H,21,22). The van der Waals surface area contributed by atoms with Crippen LogP contribution in [0.4, 0.5) is 11.4 Å². The Kier molecular flexibility index (Phi) is 3.53. The number of fused-ring (bicyclic) bond motifs is 3. The van der Waals surface area contributed by atoms with Crippen molar-refractivity contribution in [2.45, 2.75) is 13.5 Å². The number of hydrogen-bond acceptors (Lipinski definition) is 3. The lowest BCUT2D eigenvalue weighted by molar-refractivity contribution is 0.824. The van der Waals surface area contributed by atoms with Crippen LogP contribution in [0.15, 0.2) is 48.7 Å². The highest BCUT2D eigenvalue weighted by Gasteiger charge is 2.23. The molecule has 0 aliphatic carbocycles. The summed E-state index contributed by atoms with van der Waals surface area (Å²) in [6.45, 7) is 4.10. The molecule has 4 heteroatoms. The maximum Gasteiger partial charge on any atom is 0.0720 e. The second kappa shape index (κ2) is 5.71. The predicted octanol–water partition coefficient (Wildman–Crippen LogP) is 4.15. The lowest BCUT2D eigenvalue weighted by Gasteiger charge is -2.30. The van der Waals surface area contributed by atoms with E-state index in [4.69, 9.17) is 0 Å². The lowest BCUT2D eigenvalue weighted by Crippen LogP contribution is -2.25. The van der Waals surface area contributed by atoms with Crippen LogP contribution >= 0.6 is 0 Å². The maximum absolute atomic E-state index is 4.23. The summed E-state index contributed by atoms with van der Waals surface area (Å²) >= 11 is 0. The third-order valence-electron chi connectivity index (χ3n) is 4.77. The van der Waals surface area contributed by atoms with Gasteiger partial charge in [-0.15, -0.1) is 0 Å². The average molecular weight is 318 g/mol. The van der Waals surface area contributed by atoms with Gasteiger partial charge in [-0.25, -0.2) is 0 Å². The quantitative estimate of drug-likeness (QED) is 0.788. The molecule has 0 unspecified atom stereocenters. The Bertz CT molecular complexity index is 879. The van der Waals surface area contributed by atoms with E-state index in [-0.39, 0.29) is 0 Å². The highest BCUT2D eigenvalue weighted by Crippen LogP contribution is 2.41. The Morgan fingerprint density at radius 2 is 1.96 bits per heavy atom. The third kappa shape index (κ3) is 2.26. The molecule has 2 aromatic carbocycles. The van der Waals surface area contributed by atoms with Crippen molar-refractivity contribution in [3.8, 4) is 22.4 Å². The smallest absolute Gasteiger partial charge is 0.0720 e. The summed E-state index contributed by atoms with van der Waals surface area (Å²) in [7, 11) is 4.18. The second-order valence-corrected chi connectivity index (χ2v) is 6.43. The molecule has 0 spiro atoms. The molecule has 2 heterocycles. The molecule has 122 valence electrons. The topological polar surface area (TPSA) is 35.2 Å². The van der Waals surface area contributed by atoms with Crippen molar-refractivity contribution < 1.29 is 0 Å². The Morgan fingerprint density at radius 3 is 2.75 bits per heavy atom. The molecule has 4 rings (SSSR count). The molecule has 3 aromatic rings. The maximum atomic E-state index is 4.23. The first kappa shape index (κ1) is 14.8. The average Bonchev–Trinajstić information content (AvgIpc) is 3.09. The molecule has 4 nitrogen and oxygen atoms in total. The summed E-state index contributed by atoms with van der Waals surface area (Å²) in [6.07, 6.45) is 1.94. The number of benzene rings is 2. The molecule has 24 heavy (non-hydrogen) atoms. The van der Waals surface area contributed by atoms with Crippen LogP contribution in [0.5, 0.6) is 0 Å². The fraction of sp³-hybridized carbons (Fsp3) is 0.250. The van der Waals surface area contributed by atoms with E-state index in [1.165, 1.54) is 33.6 Å². The van der Waals surface area contributed by atoms with E-state index < -0.39 is 0 Å². The minimum Gasteiger partial charge on any atom is -0.377 e. The van der Waals surface area contributed by atoms with Gasteiger partial charge < -0.3 is 9.80 Å². The van der Waals surface area contributed by atoms with Gasteiger partial charge in [-0.05, 0) is 24.6 Å². The first-order valence-corrected chi connectivity index (χ1v) is 8.37. The van der Waals surface area contributed by atoms with Crippen LogP contribution in [0.3, 0.4) is 0 Å². The molecule has 1 aliphatic rings. The monoisotopic (exact) mass is 318 g/mol. The van der Waals surface area contributed by atoms with Crippen LogP contribution in [-0.2, 0) is 6.54 Å². The third-order valence-corrected chi connectivity index (χ3v) is 4.77. The van der Waals surface area contributed by atoms with Gasteiger partial charge in [0.1, 0.15) is 0 Å². The van der Waals surface area contributed by atoms with Crippen LogP contribution in [0, 0.1) is 0 Å². The van der Waals surface area contributed by atoms with Crippen molar-refractivity contribution in [1.29, 1.82) is 0 Å². The molecular formula is C20H22N4. The van der Waals surface area contributed by atoms with Gasteiger partial charge in [0.05, 0.1) is 11.9 Å². The van der Waals surface area contributed by atoms with Gasteiger partial charge in [0, 0.05) is 55.2 Å². The number of nitrogens with one attached hydrogen (secondary N) is 1. The number of aromatic nitrogens is 2. The molecule has 0 amide bonds. The van der Waals surface area contributed by atoms with Gasteiger partial charge in [-0.2, -0.15) is 5.10 Å². The van der Waals surface area contributed by atoms with Gasteiger partial charge in [-0.3, -0.25) is 5.10 Å². The molecule has 1 aromatic heterocycles. The fourth-order valence-corrected chi connectivity index (χ4v) is 3.52. The lowest BCUT2D eigenvalue weighted by atomic mass is 9.95. The molecule has 0 saturated carbocycles. The van der Waals surface area contributed by atoms with E-state index in [9.17, 15) is 0 Å². The SMILES string of the molecule is CCN1Cc2cn[nH]c2-c2ccc(-c3ccccc3N(C)C)cc21. The van der Waals surface area contributed by atoms with Crippen LogP contribution in [0.25, 0.3) is 22.4 Å². The fourth-order valence-electron chi connectivity index (χ4n) is 3.52. The highest BCUT2D eigenvalue weighted by molar-refractivity contribution is 5.88. The summed E-state index contributed by atoms with van der Waals surface area (Å²) in [5, 5.41) is 7.39. The number of rotatable bonds is 3. The van der Waals surface area contributed by atoms with Crippen LogP contribution in [0.2, 0.25) is 0 Å². The van der Waals surface area contributed by atoms with Crippen molar-refractivity contribution in [2.75, 3.05) is 30.4 Å². The van der Waals surface area contributed by atoms with Crippen molar-refractivity contribution in [3.63, 3.8) is 0 Å². The summed E-state index contributed by atoms with van der Waals surface area (Å²) in [5.74, 6) is 0. The zero-order valence-corrected chi connectivity index (χ0v) is 14.4. The van der Waals surface area contributed by atoms with Gasteiger partial charge in [0.25, 0.3) is 0 Å². The zero-order chi connectivity index (χ0) is 16.7. The minimum absolute atomic E-state index is 0.911. The summed E-state index contributed by atoms with van der Waals surface area (Å²) < 4.78 is 0. The minimum atomic E-state index is 0.911. The largest absolute Gasteiger partial charge is 0.377 e. The normalized spacial score (nSPS) is 12.7. The zero-order valence-electron chi connectivity index (χ0n) is 14.4. The number of anilines is 2. The summed E-state index contributed by atoms with van der Waals surface area (Å²) in [6, 6.07) is 15.3. The molecular weight excluding hydrogens is 296 g/mol. The molecule has 0 radical (unpaired) electrons. The molecule has 0 fully saturated rings. The first-order valence-electron chi connectivity index (χ1n) is 8.37. The van der Waals surface area contributed by atoms with Crippen molar-refractivity contribution >= 4 is 11.4 Å². The first-order chi connectivity index (χ1) is 11.7. The Balaban J connectivity index is 1.88. The van der Waals surface area contributed by atoms with E-state index in [0.717, 1.165) is 18.8 Å². The molecule has 0 atom stereocenters. The van der Waals surface area contributed by atoms with Gasteiger partial charge in [0.15, 0.2) is 0 Å². The van der Waals surface area contributed by atoms with E-state index >= 15 is 0 Å². The van der Waals surface area contributed by atoms with E-state index in [1.54, 1.807) is 0 Å². The van der Waals surface area contributed by atoms with Crippen molar-refractivity contribution in [2.24, 2.45) is 0 Å². The van der Waals surface area contributed by atoms with Gasteiger partial charge in [-0.1, -0.05) is 30.3 Å². The predicted molar refractivity (Wildman–Crippen MR) is 101 cm³/mol. The van der Waals surface area contributed by atoms with Crippen LogP contribution < -0.4 is 9.80 Å². The Hall–Kier alpha value is -2.75. The van der Waals surface area contributed by atoms with Gasteiger partial charge >= 0.3 is 0 Å². The van der Waals surface area contributed by atoms with Crippen molar-refractivity contribution in [3.05, 3.63) is 54.2 Å². The van der Waals surface area contributed by atoms with Gasteiger partial charge in [0.2, 0.25) is 0 Å². The number of aromatic amines is 1. The Morgan fingerprint density at radius 1 is 1.12 bits per heavy atom. The van der Waals surface area contributed by atoms with E-state index in [1.807, 2.05) is 6.20 Å². The number of H-pyrrole nitrogens is 1. The number of hydrogen-bond donors (Lipinski definition) is 1. The summed E-state index contributed by atoms with van der Waals surface area (Å²) in [4.78, 5) is 4.58. The second-order valence-electron chi connectivity index (χ2n) is 6.43. The molecule has 0 saturated heterocycles.